The monoisotopic (exact) mass is 329 g/mol. The molecule has 1 unspecified atom stereocenters. The van der Waals surface area contributed by atoms with Crippen LogP contribution in [-0.4, -0.2) is 43.0 Å². The predicted octanol–water partition coefficient (Wildman–Crippen LogP) is 3.01. The first-order valence-electron chi connectivity index (χ1n) is 7.30. The minimum Gasteiger partial charge on any atom is -0.322 e. The Balaban J connectivity index is 1.98. The Morgan fingerprint density at radius 3 is 2.71 bits per heavy atom. The average Bonchev–Trinajstić information content (AvgIpc) is 2.97. The summed E-state index contributed by atoms with van der Waals surface area (Å²) in [6.07, 6.45) is 2.11. The largest absolute Gasteiger partial charge is 0.322 e. The van der Waals surface area contributed by atoms with E-state index in [9.17, 15) is 4.79 Å². The lowest BCUT2D eigenvalue weighted by Crippen LogP contribution is -2.42. The summed E-state index contributed by atoms with van der Waals surface area (Å²) < 4.78 is 0. The molecule has 0 radical (unpaired) electrons. The third kappa shape index (κ3) is 4.58. The van der Waals surface area contributed by atoms with E-state index in [2.05, 4.69) is 22.5 Å². The van der Waals surface area contributed by atoms with Crippen LogP contribution in [0.2, 0.25) is 10.0 Å². The molecule has 116 valence electrons. The molecule has 1 atom stereocenters. The lowest BCUT2D eigenvalue weighted by atomic mass is 10.2. The highest BCUT2D eigenvalue weighted by molar-refractivity contribution is 6.39. The number of hydrogen-bond acceptors (Lipinski definition) is 3. The van der Waals surface area contributed by atoms with E-state index in [0.717, 1.165) is 32.5 Å². The Kier molecular flexibility index (Phi) is 6.30. The van der Waals surface area contributed by atoms with E-state index in [0.29, 0.717) is 28.3 Å². The van der Waals surface area contributed by atoms with Gasteiger partial charge in [0.2, 0.25) is 5.91 Å². The van der Waals surface area contributed by atoms with Crippen LogP contribution in [0.3, 0.4) is 0 Å². The highest BCUT2D eigenvalue weighted by Gasteiger charge is 2.23. The first-order valence-corrected chi connectivity index (χ1v) is 8.06. The van der Waals surface area contributed by atoms with Gasteiger partial charge in [0.1, 0.15) is 0 Å². The first kappa shape index (κ1) is 16.6. The van der Waals surface area contributed by atoms with Crippen LogP contribution in [0.25, 0.3) is 0 Å². The van der Waals surface area contributed by atoms with Crippen molar-refractivity contribution in [1.29, 1.82) is 0 Å². The fourth-order valence-electron chi connectivity index (χ4n) is 2.61. The van der Waals surface area contributed by atoms with Crippen molar-refractivity contribution in [1.82, 2.24) is 10.2 Å². The number of benzene rings is 1. The van der Waals surface area contributed by atoms with Crippen LogP contribution in [0.15, 0.2) is 18.2 Å². The maximum absolute atomic E-state index is 12.3. The standard InChI is InChI=1S/C15H21Cl2N3O/c1-2-8-20(11-6-7-18-9-11)10-14(21)19-15-12(16)4-3-5-13(15)17/h3-5,11,18H,2,6-10H2,1H3,(H,19,21). The normalized spacial score (nSPS) is 18.2. The van der Waals surface area contributed by atoms with Gasteiger partial charge in [-0.3, -0.25) is 9.69 Å². The van der Waals surface area contributed by atoms with Gasteiger partial charge in [0, 0.05) is 12.6 Å². The van der Waals surface area contributed by atoms with Crippen molar-refractivity contribution in [2.24, 2.45) is 0 Å². The number of hydrogen-bond donors (Lipinski definition) is 2. The van der Waals surface area contributed by atoms with Gasteiger partial charge in [-0.2, -0.15) is 0 Å². The van der Waals surface area contributed by atoms with Crippen molar-refractivity contribution in [3.63, 3.8) is 0 Å². The summed E-state index contributed by atoms with van der Waals surface area (Å²) in [6, 6.07) is 5.62. The highest BCUT2D eigenvalue weighted by atomic mass is 35.5. The Morgan fingerprint density at radius 2 is 2.14 bits per heavy atom. The molecule has 4 nitrogen and oxygen atoms in total. The molecular formula is C15H21Cl2N3O. The number of nitrogens with zero attached hydrogens (tertiary/aromatic N) is 1. The van der Waals surface area contributed by atoms with Crippen molar-refractivity contribution >= 4 is 34.8 Å². The molecule has 2 N–H and O–H groups in total. The van der Waals surface area contributed by atoms with Gasteiger partial charge in [0.05, 0.1) is 22.3 Å². The minimum atomic E-state index is -0.0784. The van der Waals surface area contributed by atoms with E-state index >= 15 is 0 Å². The Hall–Kier alpha value is -0.810. The van der Waals surface area contributed by atoms with Crippen molar-refractivity contribution < 1.29 is 4.79 Å². The molecule has 0 aliphatic carbocycles. The van der Waals surface area contributed by atoms with Gasteiger partial charge < -0.3 is 10.6 Å². The predicted molar refractivity (Wildman–Crippen MR) is 88.2 cm³/mol. The van der Waals surface area contributed by atoms with E-state index in [1.807, 2.05) is 0 Å². The van der Waals surface area contributed by atoms with Crippen LogP contribution in [0, 0.1) is 0 Å². The van der Waals surface area contributed by atoms with Crippen LogP contribution in [-0.2, 0) is 4.79 Å². The molecule has 0 aromatic heterocycles. The fraction of sp³-hybridized carbons (Fsp3) is 0.533. The second-order valence-corrected chi connectivity index (χ2v) is 6.08. The number of rotatable bonds is 6. The third-order valence-electron chi connectivity index (χ3n) is 3.64. The summed E-state index contributed by atoms with van der Waals surface area (Å²) in [5.74, 6) is -0.0784. The Labute approximate surface area is 135 Å². The molecule has 0 saturated carbocycles. The van der Waals surface area contributed by atoms with Gasteiger partial charge in [-0.15, -0.1) is 0 Å². The summed E-state index contributed by atoms with van der Waals surface area (Å²) in [7, 11) is 0. The lowest BCUT2D eigenvalue weighted by molar-refractivity contribution is -0.117. The molecule has 1 heterocycles. The quantitative estimate of drug-likeness (QED) is 0.843. The van der Waals surface area contributed by atoms with Gasteiger partial charge in [-0.25, -0.2) is 0 Å². The van der Waals surface area contributed by atoms with Gasteiger partial charge in [0.25, 0.3) is 0 Å². The summed E-state index contributed by atoms with van der Waals surface area (Å²) in [5, 5.41) is 7.08. The van der Waals surface area contributed by atoms with E-state index < -0.39 is 0 Å². The zero-order chi connectivity index (χ0) is 15.2. The van der Waals surface area contributed by atoms with E-state index in [1.54, 1.807) is 18.2 Å². The molecule has 1 aromatic carbocycles. The number of para-hydroxylation sites is 1. The average molecular weight is 330 g/mol. The molecular weight excluding hydrogens is 309 g/mol. The van der Waals surface area contributed by atoms with Crippen molar-refractivity contribution in [2.45, 2.75) is 25.8 Å². The molecule has 1 amide bonds. The fourth-order valence-corrected chi connectivity index (χ4v) is 3.10. The second kappa shape index (κ2) is 7.99. The van der Waals surface area contributed by atoms with Gasteiger partial charge in [-0.1, -0.05) is 36.2 Å². The maximum atomic E-state index is 12.3. The Morgan fingerprint density at radius 1 is 1.43 bits per heavy atom. The number of nitrogens with one attached hydrogen (secondary N) is 2. The van der Waals surface area contributed by atoms with E-state index in [4.69, 9.17) is 23.2 Å². The van der Waals surface area contributed by atoms with Gasteiger partial charge in [-0.05, 0) is 38.1 Å². The molecule has 1 aliphatic heterocycles. The number of anilines is 1. The number of halogens is 2. The molecule has 2 rings (SSSR count). The van der Waals surface area contributed by atoms with E-state index in [1.165, 1.54) is 0 Å². The maximum Gasteiger partial charge on any atom is 0.238 e. The van der Waals surface area contributed by atoms with Crippen molar-refractivity contribution in [3.8, 4) is 0 Å². The molecule has 1 fully saturated rings. The van der Waals surface area contributed by atoms with Crippen molar-refractivity contribution in [2.75, 3.05) is 31.5 Å². The van der Waals surface area contributed by atoms with Crippen LogP contribution in [0.5, 0.6) is 0 Å². The molecule has 6 heteroatoms. The lowest BCUT2D eigenvalue weighted by Gasteiger charge is -2.27. The van der Waals surface area contributed by atoms with Crippen LogP contribution in [0.4, 0.5) is 5.69 Å². The smallest absolute Gasteiger partial charge is 0.238 e. The molecule has 1 saturated heterocycles. The molecule has 1 aliphatic rings. The third-order valence-corrected chi connectivity index (χ3v) is 4.27. The zero-order valence-corrected chi connectivity index (χ0v) is 13.7. The molecule has 1 aromatic rings. The summed E-state index contributed by atoms with van der Waals surface area (Å²) in [5.41, 5.74) is 0.492. The Bertz CT molecular complexity index is 470. The minimum absolute atomic E-state index is 0.0784. The SMILES string of the molecule is CCCN(CC(=O)Nc1c(Cl)cccc1Cl)C1CCNC1. The van der Waals surface area contributed by atoms with Gasteiger partial charge in [0.15, 0.2) is 0 Å². The van der Waals surface area contributed by atoms with Gasteiger partial charge >= 0.3 is 0 Å². The summed E-state index contributed by atoms with van der Waals surface area (Å²) >= 11 is 12.2. The van der Waals surface area contributed by atoms with Crippen LogP contribution < -0.4 is 10.6 Å². The zero-order valence-electron chi connectivity index (χ0n) is 12.2. The van der Waals surface area contributed by atoms with Crippen LogP contribution >= 0.6 is 23.2 Å². The molecule has 21 heavy (non-hydrogen) atoms. The number of amides is 1. The number of carbonyl (C=O) groups is 1. The summed E-state index contributed by atoms with van der Waals surface area (Å²) in [6.45, 7) is 5.36. The molecule has 0 bridgehead atoms. The molecule has 0 spiro atoms. The summed E-state index contributed by atoms with van der Waals surface area (Å²) in [4.78, 5) is 14.5. The topological polar surface area (TPSA) is 44.4 Å². The van der Waals surface area contributed by atoms with Crippen LogP contribution in [0.1, 0.15) is 19.8 Å². The van der Waals surface area contributed by atoms with E-state index in [-0.39, 0.29) is 5.91 Å². The second-order valence-electron chi connectivity index (χ2n) is 5.26. The first-order chi connectivity index (χ1) is 10.1. The van der Waals surface area contributed by atoms with Crippen molar-refractivity contribution in [3.05, 3.63) is 28.2 Å². The highest BCUT2D eigenvalue weighted by Crippen LogP contribution is 2.29. The number of carbonyl (C=O) groups excluding carboxylic acids is 1.